The van der Waals surface area contributed by atoms with Crippen LogP contribution in [0, 0.1) is 5.92 Å². The first-order chi connectivity index (χ1) is 5.86. The molecule has 0 radical (unpaired) electrons. The standard InChI is InChI=1S/C10H22N2/c1-3-7-12(4-2)9-10-5-6-11-8-10/h10-11H,3-9H2,1-2H3. The summed E-state index contributed by atoms with van der Waals surface area (Å²) in [6.45, 7) is 10.8. The molecular weight excluding hydrogens is 148 g/mol. The van der Waals surface area contributed by atoms with E-state index in [9.17, 15) is 0 Å². The summed E-state index contributed by atoms with van der Waals surface area (Å²) in [7, 11) is 0. The molecule has 1 aliphatic rings. The Kier molecular flexibility index (Phi) is 4.62. The van der Waals surface area contributed by atoms with E-state index in [4.69, 9.17) is 0 Å². The number of rotatable bonds is 5. The maximum atomic E-state index is 3.42. The van der Waals surface area contributed by atoms with Crippen LogP contribution < -0.4 is 5.32 Å². The van der Waals surface area contributed by atoms with Crippen molar-refractivity contribution in [2.75, 3.05) is 32.7 Å². The third kappa shape index (κ3) is 3.11. The average molecular weight is 170 g/mol. The summed E-state index contributed by atoms with van der Waals surface area (Å²) < 4.78 is 0. The average Bonchev–Trinajstić information content (AvgIpc) is 2.56. The Hall–Kier alpha value is -0.0800. The van der Waals surface area contributed by atoms with Crippen LogP contribution in [0.4, 0.5) is 0 Å². The van der Waals surface area contributed by atoms with Gasteiger partial charge in [0, 0.05) is 6.54 Å². The lowest BCUT2D eigenvalue weighted by molar-refractivity contribution is 0.249. The highest BCUT2D eigenvalue weighted by Crippen LogP contribution is 2.09. The van der Waals surface area contributed by atoms with Crippen molar-refractivity contribution in [3.8, 4) is 0 Å². The number of nitrogens with one attached hydrogen (secondary N) is 1. The molecule has 0 aromatic carbocycles. The summed E-state index contributed by atoms with van der Waals surface area (Å²) in [6.07, 6.45) is 2.66. The summed E-state index contributed by atoms with van der Waals surface area (Å²) in [5.74, 6) is 0.913. The number of hydrogen-bond donors (Lipinski definition) is 1. The predicted octanol–water partition coefficient (Wildman–Crippen LogP) is 1.33. The molecule has 1 N–H and O–H groups in total. The summed E-state index contributed by atoms with van der Waals surface area (Å²) in [5, 5.41) is 3.42. The maximum absolute atomic E-state index is 3.42. The highest BCUT2D eigenvalue weighted by molar-refractivity contribution is 4.74. The molecule has 1 saturated heterocycles. The minimum absolute atomic E-state index is 0.913. The van der Waals surface area contributed by atoms with Crippen LogP contribution in [-0.2, 0) is 0 Å². The monoisotopic (exact) mass is 170 g/mol. The fourth-order valence-corrected chi connectivity index (χ4v) is 1.93. The van der Waals surface area contributed by atoms with Gasteiger partial charge < -0.3 is 10.2 Å². The Morgan fingerprint density at radius 2 is 2.25 bits per heavy atom. The van der Waals surface area contributed by atoms with Crippen LogP contribution in [0.5, 0.6) is 0 Å². The lowest BCUT2D eigenvalue weighted by Gasteiger charge is -2.22. The van der Waals surface area contributed by atoms with Crippen molar-refractivity contribution in [1.29, 1.82) is 0 Å². The van der Waals surface area contributed by atoms with Gasteiger partial charge in [0.25, 0.3) is 0 Å². The van der Waals surface area contributed by atoms with E-state index < -0.39 is 0 Å². The van der Waals surface area contributed by atoms with Gasteiger partial charge in [-0.05, 0) is 44.9 Å². The second-order valence-electron chi connectivity index (χ2n) is 3.75. The van der Waals surface area contributed by atoms with E-state index in [2.05, 4.69) is 24.1 Å². The van der Waals surface area contributed by atoms with E-state index >= 15 is 0 Å². The molecule has 1 heterocycles. The van der Waals surface area contributed by atoms with Gasteiger partial charge in [0.2, 0.25) is 0 Å². The highest BCUT2D eigenvalue weighted by Gasteiger charge is 2.16. The first-order valence-corrected chi connectivity index (χ1v) is 5.29. The second kappa shape index (κ2) is 5.55. The molecule has 1 aliphatic heterocycles. The Morgan fingerprint density at radius 1 is 1.42 bits per heavy atom. The third-order valence-corrected chi connectivity index (χ3v) is 2.67. The van der Waals surface area contributed by atoms with Crippen LogP contribution in [-0.4, -0.2) is 37.6 Å². The maximum Gasteiger partial charge on any atom is 0.00221 e. The topological polar surface area (TPSA) is 15.3 Å². The molecule has 72 valence electrons. The van der Waals surface area contributed by atoms with E-state index in [1.54, 1.807) is 0 Å². The van der Waals surface area contributed by atoms with Crippen molar-refractivity contribution >= 4 is 0 Å². The quantitative estimate of drug-likeness (QED) is 0.669. The van der Waals surface area contributed by atoms with Crippen LogP contribution in [0.2, 0.25) is 0 Å². The van der Waals surface area contributed by atoms with Gasteiger partial charge in [-0.3, -0.25) is 0 Å². The molecule has 0 saturated carbocycles. The van der Waals surface area contributed by atoms with E-state index in [1.807, 2.05) is 0 Å². The van der Waals surface area contributed by atoms with Crippen LogP contribution >= 0.6 is 0 Å². The van der Waals surface area contributed by atoms with Gasteiger partial charge in [0.15, 0.2) is 0 Å². The molecule has 2 nitrogen and oxygen atoms in total. The minimum atomic E-state index is 0.913. The molecule has 0 aromatic rings. The van der Waals surface area contributed by atoms with Crippen LogP contribution in [0.3, 0.4) is 0 Å². The zero-order valence-electron chi connectivity index (χ0n) is 8.47. The summed E-state index contributed by atoms with van der Waals surface area (Å²) in [4.78, 5) is 2.57. The van der Waals surface area contributed by atoms with Crippen molar-refractivity contribution < 1.29 is 0 Å². The lowest BCUT2D eigenvalue weighted by atomic mass is 10.1. The Balaban J connectivity index is 2.16. The van der Waals surface area contributed by atoms with Gasteiger partial charge >= 0.3 is 0 Å². The van der Waals surface area contributed by atoms with Crippen LogP contribution in [0.25, 0.3) is 0 Å². The van der Waals surface area contributed by atoms with Crippen LogP contribution in [0.1, 0.15) is 26.7 Å². The molecule has 1 fully saturated rings. The zero-order chi connectivity index (χ0) is 8.81. The molecule has 12 heavy (non-hydrogen) atoms. The van der Waals surface area contributed by atoms with Gasteiger partial charge in [-0.25, -0.2) is 0 Å². The molecule has 2 heteroatoms. The number of nitrogens with zero attached hydrogens (tertiary/aromatic N) is 1. The summed E-state index contributed by atoms with van der Waals surface area (Å²) in [5.41, 5.74) is 0. The Bertz CT molecular complexity index is 108. The van der Waals surface area contributed by atoms with Gasteiger partial charge in [0.1, 0.15) is 0 Å². The number of hydrogen-bond acceptors (Lipinski definition) is 2. The molecule has 0 aromatic heterocycles. The first-order valence-electron chi connectivity index (χ1n) is 5.29. The van der Waals surface area contributed by atoms with Gasteiger partial charge in [-0.15, -0.1) is 0 Å². The lowest BCUT2D eigenvalue weighted by Crippen LogP contribution is -2.31. The molecule has 1 atom stereocenters. The van der Waals surface area contributed by atoms with E-state index in [1.165, 1.54) is 45.6 Å². The summed E-state index contributed by atoms with van der Waals surface area (Å²) >= 11 is 0. The highest BCUT2D eigenvalue weighted by atomic mass is 15.1. The van der Waals surface area contributed by atoms with E-state index in [0.717, 1.165) is 5.92 Å². The smallest absolute Gasteiger partial charge is 0.00221 e. The van der Waals surface area contributed by atoms with Gasteiger partial charge in [-0.2, -0.15) is 0 Å². The first kappa shape index (κ1) is 10.0. The van der Waals surface area contributed by atoms with Gasteiger partial charge in [-0.1, -0.05) is 13.8 Å². The van der Waals surface area contributed by atoms with Crippen molar-refractivity contribution in [3.05, 3.63) is 0 Å². The van der Waals surface area contributed by atoms with Crippen molar-refractivity contribution in [2.24, 2.45) is 5.92 Å². The SMILES string of the molecule is CCCN(CC)CC1CCNC1. The van der Waals surface area contributed by atoms with E-state index in [0.29, 0.717) is 0 Å². The predicted molar refractivity (Wildman–Crippen MR) is 53.4 cm³/mol. The zero-order valence-corrected chi connectivity index (χ0v) is 8.47. The largest absolute Gasteiger partial charge is 0.316 e. The van der Waals surface area contributed by atoms with E-state index in [-0.39, 0.29) is 0 Å². The van der Waals surface area contributed by atoms with Crippen molar-refractivity contribution in [1.82, 2.24) is 10.2 Å². The molecule has 0 bridgehead atoms. The second-order valence-corrected chi connectivity index (χ2v) is 3.75. The fourth-order valence-electron chi connectivity index (χ4n) is 1.93. The Morgan fingerprint density at radius 3 is 2.75 bits per heavy atom. The Labute approximate surface area is 76.3 Å². The molecule has 0 spiro atoms. The molecule has 0 amide bonds. The molecular formula is C10H22N2. The molecule has 1 rings (SSSR count). The van der Waals surface area contributed by atoms with Crippen molar-refractivity contribution in [3.63, 3.8) is 0 Å². The molecule has 0 aliphatic carbocycles. The third-order valence-electron chi connectivity index (χ3n) is 2.67. The van der Waals surface area contributed by atoms with Gasteiger partial charge in [0.05, 0.1) is 0 Å². The molecule has 1 unspecified atom stereocenters. The normalized spacial score (nSPS) is 23.8. The summed E-state index contributed by atoms with van der Waals surface area (Å²) in [6, 6.07) is 0. The van der Waals surface area contributed by atoms with Crippen molar-refractivity contribution in [2.45, 2.75) is 26.7 Å². The minimum Gasteiger partial charge on any atom is -0.316 e. The fraction of sp³-hybridized carbons (Fsp3) is 1.00. The van der Waals surface area contributed by atoms with Crippen LogP contribution in [0.15, 0.2) is 0 Å².